The van der Waals surface area contributed by atoms with Gasteiger partial charge < -0.3 is 15.1 Å². The van der Waals surface area contributed by atoms with E-state index in [1.165, 1.54) is 0 Å². The monoisotopic (exact) mass is 271 g/mol. The standard InChI is InChI=1S/C15H17N3O2/c1-18-14-4-2-12(17-13(14)3-5-15(18)20)11-6-10(9-19)7-16-8-11/h2,4,6-8,15,19-20H,3,5,9H2,1H3. The second-order valence-electron chi connectivity index (χ2n) is 5.03. The predicted octanol–water partition coefficient (Wildman–Crippen LogP) is 1.34. The van der Waals surface area contributed by atoms with Gasteiger partial charge in [-0.15, -0.1) is 0 Å². The fourth-order valence-corrected chi connectivity index (χ4v) is 2.49. The number of fused-ring (bicyclic) bond motifs is 1. The average Bonchev–Trinajstić information content (AvgIpc) is 2.51. The van der Waals surface area contributed by atoms with Crippen LogP contribution in [0.1, 0.15) is 17.7 Å². The Kier molecular flexibility index (Phi) is 3.38. The van der Waals surface area contributed by atoms with Crippen molar-refractivity contribution in [2.24, 2.45) is 0 Å². The molecule has 0 radical (unpaired) electrons. The molecule has 0 aromatic carbocycles. The summed E-state index contributed by atoms with van der Waals surface area (Å²) in [4.78, 5) is 10.6. The second-order valence-corrected chi connectivity index (χ2v) is 5.03. The predicted molar refractivity (Wildman–Crippen MR) is 76.1 cm³/mol. The molecule has 1 atom stereocenters. The van der Waals surface area contributed by atoms with Crippen LogP contribution in [0.15, 0.2) is 30.6 Å². The molecule has 1 unspecified atom stereocenters. The highest BCUT2D eigenvalue weighted by Gasteiger charge is 2.22. The van der Waals surface area contributed by atoms with Crippen molar-refractivity contribution in [3.63, 3.8) is 0 Å². The highest BCUT2D eigenvalue weighted by atomic mass is 16.3. The third-order valence-corrected chi connectivity index (χ3v) is 3.69. The molecular formula is C15H17N3O2. The van der Waals surface area contributed by atoms with Crippen molar-refractivity contribution < 1.29 is 10.2 Å². The molecule has 2 aromatic rings. The minimum atomic E-state index is -0.436. The van der Waals surface area contributed by atoms with Crippen LogP contribution in [-0.4, -0.2) is 33.5 Å². The van der Waals surface area contributed by atoms with Gasteiger partial charge in [-0.2, -0.15) is 0 Å². The number of aryl methyl sites for hydroxylation is 1. The number of rotatable bonds is 2. The topological polar surface area (TPSA) is 69.5 Å². The van der Waals surface area contributed by atoms with E-state index >= 15 is 0 Å². The maximum atomic E-state index is 9.84. The van der Waals surface area contributed by atoms with E-state index < -0.39 is 6.23 Å². The normalized spacial score (nSPS) is 17.9. The van der Waals surface area contributed by atoms with E-state index in [4.69, 9.17) is 0 Å². The minimum absolute atomic E-state index is 0.0271. The molecule has 0 saturated carbocycles. The molecule has 0 saturated heterocycles. The first kappa shape index (κ1) is 13.0. The Morgan fingerprint density at radius 1 is 1.35 bits per heavy atom. The van der Waals surface area contributed by atoms with Crippen LogP contribution in [0.5, 0.6) is 0 Å². The van der Waals surface area contributed by atoms with Crippen LogP contribution in [0.2, 0.25) is 0 Å². The summed E-state index contributed by atoms with van der Waals surface area (Å²) in [5.41, 5.74) is 4.47. The maximum Gasteiger partial charge on any atom is 0.127 e. The van der Waals surface area contributed by atoms with E-state index in [9.17, 15) is 10.2 Å². The Hall–Kier alpha value is -1.98. The average molecular weight is 271 g/mol. The second kappa shape index (κ2) is 5.19. The van der Waals surface area contributed by atoms with E-state index in [1.807, 2.05) is 30.1 Å². The van der Waals surface area contributed by atoms with Crippen molar-refractivity contribution >= 4 is 5.69 Å². The molecule has 3 heterocycles. The van der Waals surface area contributed by atoms with Gasteiger partial charge in [0.2, 0.25) is 0 Å². The number of aliphatic hydroxyl groups excluding tert-OH is 2. The van der Waals surface area contributed by atoms with Crippen LogP contribution >= 0.6 is 0 Å². The molecule has 0 amide bonds. The molecule has 1 aliphatic rings. The van der Waals surface area contributed by atoms with Crippen molar-refractivity contribution in [1.82, 2.24) is 9.97 Å². The number of hydrogen-bond donors (Lipinski definition) is 2. The Morgan fingerprint density at radius 2 is 2.20 bits per heavy atom. The van der Waals surface area contributed by atoms with Gasteiger partial charge in [0.25, 0.3) is 0 Å². The SMILES string of the molecule is CN1c2ccc(-c3cncc(CO)c3)nc2CCC1O. The number of anilines is 1. The van der Waals surface area contributed by atoms with Gasteiger partial charge in [0.05, 0.1) is 23.7 Å². The maximum absolute atomic E-state index is 9.84. The summed E-state index contributed by atoms with van der Waals surface area (Å²) in [5.74, 6) is 0. The summed E-state index contributed by atoms with van der Waals surface area (Å²) in [6.45, 7) is -0.0271. The van der Waals surface area contributed by atoms with Crippen molar-refractivity contribution in [3.05, 3.63) is 41.9 Å². The number of aromatic nitrogens is 2. The lowest BCUT2D eigenvalue weighted by molar-refractivity contribution is 0.159. The van der Waals surface area contributed by atoms with Gasteiger partial charge in [-0.1, -0.05) is 0 Å². The number of hydrogen-bond acceptors (Lipinski definition) is 5. The number of pyridine rings is 2. The van der Waals surface area contributed by atoms with Crippen LogP contribution in [0.25, 0.3) is 11.3 Å². The Labute approximate surface area is 117 Å². The molecule has 5 nitrogen and oxygen atoms in total. The van der Waals surface area contributed by atoms with Crippen molar-refractivity contribution in [3.8, 4) is 11.3 Å². The molecule has 1 aliphatic heterocycles. The van der Waals surface area contributed by atoms with E-state index in [1.54, 1.807) is 12.4 Å². The quantitative estimate of drug-likeness (QED) is 0.862. The van der Waals surface area contributed by atoms with E-state index in [0.29, 0.717) is 6.42 Å². The third kappa shape index (κ3) is 2.26. The van der Waals surface area contributed by atoms with E-state index in [2.05, 4.69) is 9.97 Å². The smallest absolute Gasteiger partial charge is 0.127 e. The van der Waals surface area contributed by atoms with Crippen LogP contribution in [-0.2, 0) is 13.0 Å². The molecule has 3 rings (SSSR count). The third-order valence-electron chi connectivity index (χ3n) is 3.69. The van der Waals surface area contributed by atoms with Crippen LogP contribution < -0.4 is 4.90 Å². The fourth-order valence-electron chi connectivity index (χ4n) is 2.49. The zero-order valence-electron chi connectivity index (χ0n) is 11.3. The summed E-state index contributed by atoms with van der Waals surface area (Å²) in [5, 5.41) is 19.0. The summed E-state index contributed by atoms with van der Waals surface area (Å²) in [6.07, 6.45) is 4.41. The molecule has 0 bridgehead atoms. The van der Waals surface area contributed by atoms with Crippen molar-refractivity contribution in [2.75, 3.05) is 11.9 Å². The lowest BCUT2D eigenvalue weighted by Gasteiger charge is -2.31. The van der Waals surface area contributed by atoms with Gasteiger partial charge in [-0.3, -0.25) is 9.97 Å². The molecule has 0 aliphatic carbocycles. The van der Waals surface area contributed by atoms with Gasteiger partial charge in [0.15, 0.2) is 0 Å². The summed E-state index contributed by atoms with van der Waals surface area (Å²) in [6, 6.07) is 5.79. The molecule has 2 aromatic heterocycles. The molecule has 20 heavy (non-hydrogen) atoms. The molecule has 0 fully saturated rings. The Bertz CT molecular complexity index is 630. The highest BCUT2D eigenvalue weighted by molar-refractivity contribution is 5.64. The first-order valence-corrected chi connectivity index (χ1v) is 6.65. The lowest BCUT2D eigenvalue weighted by atomic mass is 10.0. The Morgan fingerprint density at radius 3 is 3.00 bits per heavy atom. The van der Waals surface area contributed by atoms with Gasteiger partial charge in [-0.05, 0) is 36.6 Å². The Balaban J connectivity index is 2.00. The van der Waals surface area contributed by atoms with E-state index in [-0.39, 0.29) is 6.61 Å². The van der Waals surface area contributed by atoms with Crippen molar-refractivity contribution in [1.29, 1.82) is 0 Å². The zero-order chi connectivity index (χ0) is 14.1. The van der Waals surface area contributed by atoms with Gasteiger partial charge in [0, 0.05) is 25.0 Å². The molecule has 2 N–H and O–H groups in total. The van der Waals surface area contributed by atoms with Crippen LogP contribution in [0.3, 0.4) is 0 Å². The number of nitrogens with zero attached hydrogens (tertiary/aromatic N) is 3. The molecule has 0 spiro atoms. The zero-order valence-corrected chi connectivity index (χ0v) is 11.3. The molecule has 5 heteroatoms. The van der Waals surface area contributed by atoms with Gasteiger partial charge in [-0.25, -0.2) is 0 Å². The largest absolute Gasteiger partial charge is 0.392 e. The van der Waals surface area contributed by atoms with Gasteiger partial charge in [0.1, 0.15) is 6.23 Å². The minimum Gasteiger partial charge on any atom is -0.392 e. The number of aliphatic hydroxyl groups is 2. The molecule has 104 valence electrons. The highest BCUT2D eigenvalue weighted by Crippen LogP contribution is 2.29. The summed E-state index contributed by atoms with van der Waals surface area (Å²) in [7, 11) is 1.87. The first-order chi connectivity index (χ1) is 9.69. The summed E-state index contributed by atoms with van der Waals surface area (Å²) >= 11 is 0. The van der Waals surface area contributed by atoms with Crippen LogP contribution in [0.4, 0.5) is 5.69 Å². The van der Waals surface area contributed by atoms with Gasteiger partial charge >= 0.3 is 0 Å². The first-order valence-electron chi connectivity index (χ1n) is 6.65. The fraction of sp³-hybridized carbons (Fsp3) is 0.333. The lowest BCUT2D eigenvalue weighted by Crippen LogP contribution is -2.36. The van der Waals surface area contributed by atoms with Crippen LogP contribution in [0, 0.1) is 0 Å². The molecular weight excluding hydrogens is 254 g/mol. The summed E-state index contributed by atoms with van der Waals surface area (Å²) < 4.78 is 0. The van der Waals surface area contributed by atoms with E-state index in [0.717, 1.165) is 34.6 Å². The van der Waals surface area contributed by atoms with Crippen molar-refractivity contribution in [2.45, 2.75) is 25.7 Å².